The van der Waals surface area contributed by atoms with E-state index in [0.717, 1.165) is 18.7 Å². The molecule has 24 heavy (non-hydrogen) atoms. The van der Waals surface area contributed by atoms with Crippen molar-refractivity contribution in [2.75, 3.05) is 13.1 Å². The largest absolute Gasteiger partial charge is 0.488 e. The quantitative estimate of drug-likeness (QED) is 0.589. The van der Waals surface area contributed by atoms with E-state index in [0.29, 0.717) is 17.9 Å². The lowest BCUT2D eigenvalue weighted by Gasteiger charge is -2.12. The molecule has 0 unspecified atom stereocenters. The van der Waals surface area contributed by atoms with Gasteiger partial charge in [0.1, 0.15) is 12.4 Å². The van der Waals surface area contributed by atoms with Crippen LogP contribution < -0.4 is 4.74 Å². The van der Waals surface area contributed by atoms with Crippen molar-refractivity contribution in [3.05, 3.63) is 76.0 Å². The Labute approximate surface area is 141 Å². The topological polar surface area (TPSA) is 55.6 Å². The van der Waals surface area contributed by atoms with Gasteiger partial charge in [-0.2, -0.15) is 0 Å². The molecule has 0 atom stereocenters. The normalized spacial score (nSPS) is 14.2. The fourth-order valence-electron chi connectivity index (χ4n) is 2.79. The molecule has 3 rings (SSSR count). The molecule has 1 aliphatic rings. The first-order valence-corrected chi connectivity index (χ1v) is 8.10. The molecule has 1 heterocycles. The average molecular weight is 324 g/mol. The molecular weight excluding hydrogens is 304 g/mol. The molecule has 124 valence electrons. The van der Waals surface area contributed by atoms with Crippen molar-refractivity contribution in [3.8, 4) is 5.75 Å². The average Bonchev–Trinajstić information content (AvgIpc) is 3.12. The third-order valence-electron chi connectivity index (χ3n) is 4.07. The molecule has 1 aliphatic heterocycles. The van der Waals surface area contributed by atoms with Crippen molar-refractivity contribution in [1.82, 2.24) is 4.90 Å². The highest BCUT2D eigenvalue weighted by molar-refractivity contribution is 5.67. The van der Waals surface area contributed by atoms with Gasteiger partial charge in [0.25, 0.3) is 5.69 Å². The van der Waals surface area contributed by atoms with E-state index in [1.54, 1.807) is 18.2 Å². The predicted molar refractivity (Wildman–Crippen MR) is 93.7 cm³/mol. The second kappa shape index (κ2) is 7.64. The molecule has 2 aromatic rings. The summed E-state index contributed by atoms with van der Waals surface area (Å²) in [6.45, 7) is 2.38. The number of nitrogens with zero attached hydrogens (tertiary/aromatic N) is 2. The third kappa shape index (κ3) is 3.93. The number of rotatable bonds is 6. The highest BCUT2D eigenvalue weighted by atomic mass is 16.6. The summed E-state index contributed by atoms with van der Waals surface area (Å²) >= 11 is 0. The van der Waals surface area contributed by atoms with E-state index in [9.17, 15) is 10.1 Å². The Bertz CT molecular complexity index is 723. The van der Waals surface area contributed by atoms with Crippen LogP contribution in [0.1, 0.15) is 24.0 Å². The Morgan fingerprint density at radius 3 is 2.54 bits per heavy atom. The van der Waals surface area contributed by atoms with Crippen molar-refractivity contribution in [2.24, 2.45) is 0 Å². The molecule has 0 N–H and O–H groups in total. The van der Waals surface area contributed by atoms with Crippen LogP contribution in [-0.2, 0) is 6.61 Å². The molecule has 0 radical (unpaired) electrons. The Kier molecular flexibility index (Phi) is 5.11. The maximum Gasteiger partial charge on any atom is 0.280 e. The van der Waals surface area contributed by atoms with Crippen LogP contribution >= 0.6 is 0 Å². The lowest BCUT2D eigenvalue weighted by Crippen LogP contribution is -2.10. The van der Waals surface area contributed by atoms with Crippen LogP contribution in [0.4, 0.5) is 5.69 Å². The van der Waals surface area contributed by atoms with Crippen molar-refractivity contribution >= 4 is 11.8 Å². The van der Waals surface area contributed by atoms with Gasteiger partial charge >= 0.3 is 0 Å². The highest BCUT2D eigenvalue weighted by Crippen LogP contribution is 2.30. The molecule has 5 heteroatoms. The molecule has 1 fully saturated rings. The number of hydrogen-bond acceptors (Lipinski definition) is 4. The van der Waals surface area contributed by atoms with Crippen LogP contribution in [-0.4, -0.2) is 22.9 Å². The first-order valence-electron chi connectivity index (χ1n) is 8.10. The lowest BCUT2D eigenvalue weighted by molar-refractivity contribution is -0.385. The second-order valence-corrected chi connectivity index (χ2v) is 5.78. The number of nitro groups is 1. The predicted octanol–water partition coefficient (Wildman–Crippen LogP) is 4.24. The third-order valence-corrected chi connectivity index (χ3v) is 4.07. The van der Waals surface area contributed by atoms with Crippen LogP contribution in [0.5, 0.6) is 5.75 Å². The first-order chi connectivity index (χ1) is 11.7. The lowest BCUT2D eigenvalue weighted by atomic mass is 10.1. The van der Waals surface area contributed by atoms with Gasteiger partial charge in [-0.25, -0.2) is 0 Å². The monoisotopic (exact) mass is 324 g/mol. The van der Waals surface area contributed by atoms with Crippen LogP contribution in [0.2, 0.25) is 0 Å². The Balaban J connectivity index is 1.84. The SMILES string of the molecule is O=[N+]([O-])c1cccc(OCc2ccccc2)c1C=CN1CCCC1. The summed E-state index contributed by atoms with van der Waals surface area (Å²) in [5.41, 5.74) is 1.61. The van der Waals surface area contributed by atoms with Gasteiger partial charge in [-0.3, -0.25) is 10.1 Å². The van der Waals surface area contributed by atoms with Crippen LogP contribution in [0, 0.1) is 10.1 Å². The highest BCUT2D eigenvalue weighted by Gasteiger charge is 2.17. The van der Waals surface area contributed by atoms with Gasteiger partial charge in [0.2, 0.25) is 0 Å². The molecule has 5 nitrogen and oxygen atoms in total. The van der Waals surface area contributed by atoms with Gasteiger partial charge in [-0.05, 0) is 36.7 Å². The molecule has 0 amide bonds. The Morgan fingerprint density at radius 1 is 1.08 bits per heavy atom. The summed E-state index contributed by atoms with van der Waals surface area (Å²) in [7, 11) is 0. The maximum absolute atomic E-state index is 11.3. The van der Waals surface area contributed by atoms with E-state index in [1.807, 2.05) is 36.5 Å². The van der Waals surface area contributed by atoms with Gasteiger partial charge in [0.05, 0.1) is 10.5 Å². The molecule has 2 aromatic carbocycles. The number of benzene rings is 2. The minimum atomic E-state index is -0.362. The second-order valence-electron chi connectivity index (χ2n) is 5.78. The van der Waals surface area contributed by atoms with Crippen LogP contribution in [0.15, 0.2) is 54.7 Å². The number of likely N-dealkylation sites (tertiary alicyclic amines) is 1. The molecule has 0 aromatic heterocycles. The molecule has 0 bridgehead atoms. The number of hydrogen-bond donors (Lipinski definition) is 0. The van der Waals surface area contributed by atoms with Crippen LogP contribution in [0.3, 0.4) is 0 Å². The van der Waals surface area contributed by atoms with Crippen molar-refractivity contribution < 1.29 is 9.66 Å². The van der Waals surface area contributed by atoms with Gasteiger partial charge in [-0.15, -0.1) is 0 Å². The fraction of sp³-hybridized carbons (Fsp3) is 0.263. The van der Waals surface area contributed by atoms with E-state index >= 15 is 0 Å². The summed E-state index contributed by atoms with van der Waals surface area (Å²) in [5, 5.41) is 11.3. The molecule has 0 aliphatic carbocycles. The van der Waals surface area contributed by atoms with E-state index in [4.69, 9.17) is 4.74 Å². The Morgan fingerprint density at radius 2 is 1.83 bits per heavy atom. The fourth-order valence-corrected chi connectivity index (χ4v) is 2.79. The number of nitro benzene ring substituents is 1. The van der Waals surface area contributed by atoms with Gasteiger partial charge < -0.3 is 9.64 Å². The van der Waals surface area contributed by atoms with Gasteiger partial charge in [-0.1, -0.05) is 36.4 Å². The van der Waals surface area contributed by atoms with Crippen LogP contribution in [0.25, 0.3) is 6.08 Å². The van der Waals surface area contributed by atoms with Gasteiger partial charge in [0.15, 0.2) is 0 Å². The number of ether oxygens (including phenoxy) is 1. The molecular formula is C19H20N2O3. The van der Waals surface area contributed by atoms with E-state index < -0.39 is 0 Å². The summed E-state index contributed by atoms with van der Waals surface area (Å²) in [5.74, 6) is 0.531. The van der Waals surface area contributed by atoms with E-state index in [-0.39, 0.29) is 10.6 Å². The summed E-state index contributed by atoms with van der Waals surface area (Å²) in [4.78, 5) is 13.2. The zero-order valence-corrected chi connectivity index (χ0v) is 13.4. The Hall–Kier alpha value is -2.82. The summed E-state index contributed by atoms with van der Waals surface area (Å²) < 4.78 is 5.86. The zero-order valence-electron chi connectivity index (χ0n) is 13.4. The minimum Gasteiger partial charge on any atom is -0.488 e. The standard InChI is InChI=1S/C19H20N2O3/c22-21(23)18-9-6-10-19(24-15-16-7-2-1-3-8-16)17(18)11-14-20-12-4-5-13-20/h1-3,6-11,14H,4-5,12-13,15H2. The van der Waals surface area contributed by atoms with Gasteiger partial charge in [0, 0.05) is 19.2 Å². The zero-order chi connectivity index (χ0) is 16.8. The summed E-state index contributed by atoms with van der Waals surface area (Å²) in [6, 6.07) is 14.7. The van der Waals surface area contributed by atoms with Crippen molar-refractivity contribution in [1.29, 1.82) is 0 Å². The van der Waals surface area contributed by atoms with E-state index in [2.05, 4.69) is 4.90 Å². The minimum absolute atomic E-state index is 0.0657. The molecule has 0 spiro atoms. The first kappa shape index (κ1) is 16.1. The molecule has 1 saturated heterocycles. The summed E-state index contributed by atoms with van der Waals surface area (Å²) in [6.07, 6.45) is 6.06. The van der Waals surface area contributed by atoms with E-state index in [1.165, 1.54) is 18.9 Å². The van der Waals surface area contributed by atoms with Crippen molar-refractivity contribution in [2.45, 2.75) is 19.4 Å². The smallest absolute Gasteiger partial charge is 0.280 e. The molecule has 0 saturated carbocycles. The van der Waals surface area contributed by atoms with Crippen molar-refractivity contribution in [3.63, 3.8) is 0 Å². The maximum atomic E-state index is 11.3.